The van der Waals surface area contributed by atoms with Crippen molar-refractivity contribution < 1.29 is 4.42 Å². The van der Waals surface area contributed by atoms with Gasteiger partial charge >= 0.3 is 0 Å². The first kappa shape index (κ1) is 31.1. The Morgan fingerprint density at radius 3 is 1.78 bits per heavy atom. The standard InChI is InChI=1S/C50H30N4O/c1-3-16-32(17-4-1)47-40-30-43-46(39-25-10-12-28-42(39)55-43)44(45(40)38-24-9-11-27-41(38)51-47)34-21-13-22-35(29-34)49-52-48(33-18-5-2-6-19-33)53-50(54-49)37-26-14-20-31-15-7-8-23-36(31)37/h1-30H. The topological polar surface area (TPSA) is 64.7 Å². The number of aromatic nitrogens is 4. The highest BCUT2D eigenvalue weighted by Crippen LogP contribution is 2.46. The van der Waals surface area contributed by atoms with Gasteiger partial charge in [0.2, 0.25) is 0 Å². The van der Waals surface area contributed by atoms with Gasteiger partial charge in [0, 0.05) is 54.7 Å². The molecular weight excluding hydrogens is 673 g/mol. The largest absolute Gasteiger partial charge is 0.456 e. The molecule has 0 bridgehead atoms. The van der Waals surface area contributed by atoms with Crippen LogP contribution >= 0.6 is 0 Å². The maximum absolute atomic E-state index is 6.64. The van der Waals surface area contributed by atoms with Gasteiger partial charge in [-0.05, 0) is 40.6 Å². The lowest BCUT2D eigenvalue weighted by atomic mass is 9.89. The van der Waals surface area contributed by atoms with Crippen LogP contribution in [0.5, 0.6) is 0 Å². The summed E-state index contributed by atoms with van der Waals surface area (Å²) in [5.74, 6) is 1.85. The predicted molar refractivity (Wildman–Crippen MR) is 225 cm³/mol. The number of benzene rings is 8. The molecule has 0 saturated carbocycles. The van der Waals surface area contributed by atoms with E-state index in [1.165, 1.54) is 0 Å². The first-order valence-electron chi connectivity index (χ1n) is 18.4. The fourth-order valence-electron chi connectivity index (χ4n) is 8.00. The summed E-state index contributed by atoms with van der Waals surface area (Å²) < 4.78 is 6.64. The van der Waals surface area contributed by atoms with Crippen molar-refractivity contribution in [2.24, 2.45) is 0 Å². The molecule has 0 radical (unpaired) electrons. The first-order chi connectivity index (χ1) is 27.3. The number of furan rings is 1. The van der Waals surface area contributed by atoms with Crippen molar-refractivity contribution in [3.63, 3.8) is 0 Å². The van der Waals surface area contributed by atoms with Crippen molar-refractivity contribution in [2.75, 3.05) is 0 Å². The summed E-state index contributed by atoms with van der Waals surface area (Å²) >= 11 is 0. The molecule has 11 aromatic rings. The lowest BCUT2D eigenvalue weighted by Crippen LogP contribution is -2.00. The van der Waals surface area contributed by atoms with E-state index in [1.54, 1.807) is 0 Å². The minimum atomic E-state index is 0.601. The fraction of sp³-hybridized carbons (Fsp3) is 0. The molecule has 0 N–H and O–H groups in total. The SMILES string of the molecule is c1ccc(-c2nc(-c3cccc(-c4c5c(cc6c(-c7ccccc7)nc7ccccc7c46)oc4ccccc45)c3)nc(-c3cccc4ccccc34)n2)cc1. The lowest BCUT2D eigenvalue weighted by Gasteiger charge is -2.16. The first-order valence-corrected chi connectivity index (χ1v) is 18.4. The number of fused-ring (bicyclic) bond motifs is 7. The average Bonchev–Trinajstić information content (AvgIpc) is 3.64. The van der Waals surface area contributed by atoms with Gasteiger partial charge in [0.25, 0.3) is 0 Å². The molecule has 5 nitrogen and oxygen atoms in total. The number of hydrogen-bond donors (Lipinski definition) is 0. The molecule has 0 unspecified atom stereocenters. The highest BCUT2D eigenvalue weighted by molar-refractivity contribution is 6.27. The summed E-state index contributed by atoms with van der Waals surface area (Å²) in [7, 11) is 0. The highest BCUT2D eigenvalue weighted by atomic mass is 16.3. The second-order valence-electron chi connectivity index (χ2n) is 13.8. The molecular formula is C50H30N4O. The predicted octanol–water partition coefficient (Wildman–Crippen LogP) is 13.0. The van der Waals surface area contributed by atoms with E-state index in [-0.39, 0.29) is 0 Å². The van der Waals surface area contributed by atoms with Crippen LogP contribution in [0.4, 0.5) is 0 Å². The Bertz CT molecular complexity index is 3260. The second-order valence-corrected chi connectivity index (χ2v) is 13.8. The molecule has 8 aromatic carbocycles. The molecule has 0 spiro atoms. The minimum Gasteiger partial charge on any atom is -0.456 e. The van der Waals surface area contributed by atoms with Crippen LogP contribution in [-0.2, 0) is 0 Å². The van der Waals surface area contributed by atoms with Gasteiger partial charge in [0.15, 0.2) is 17.5 Å². The summed E-state index contributed by atoms with van der Waals surface area (Å²) in [5.41, 5.74) is 9.44. The third-order valence-corrected chi connectivity index (χ3v) is 10.5. The van der Waals surface area contributed by atoms with Gasteiger partial charge in [0.1, 0.15) is 11.2 Å². The van der Waals surface area contributed by atoms with E-state index in [2.05, 4.69) is 133 Å². The Labute approximate surface area is 316 Å². The molecule has 256 valence electrons. The van der Waals surface area contributed by atoms with Crippen molar-refractivity contribution >= 4 is 54.4 Å². The minimum absolute atomic E-state index is 0.601. The number of pyridine rings is 1. The molecule has 0 aliphatic heterocycles. The van der Waals surface area contributed by atoms with Crippen LogP contribution in [0, 0.1) is 0 Å². The molecule has 0 aliphatic carbocycles. The molecule has 0 atom stereocenters. The van der Waals surface area contributed by atoms with Crippen LogP contribution in [0.2, 0.25) is 0 Å². The van der Waals surface area contributed by atoms with Gasteiger partial charge in [-0.2, -0.15) is 0 Å². The molecule has 0 amide bonds. The number of nitrogens with zero attached hydrogens (tertiary/aromatic N) is 4. The van der Waals surface area contributed by atoms with Crippen LogP contribution in [0.25, 0.3) is 111 Å². The van der Waals surface area contributed by atoms with Crippen LogP contribution in [0.15, 0.2) is 186 Å². The van der Waals surface area contributed by atoms with Crippen LogP contribution in [-0.4, -0.2) is 19.9 Å². The van der Waals surface area contributed by atoms with Crippen LogP contribution in [0.3, 0.4) is 0 Å². The zero-order valence-electron chi connectivity index (χ0n) is 29.5. The molecule has 5 heteroatoms. The van der Waals surface area contributed by atoms with E-state index in [4.69, 9.17) is 24.4 Å². The second kappa shape index (κ2) is 12.6. The summed E-state index contributed by atoms with van der Waals surface area (Å²) in [6.45, 7) is 0. The van der Waals surface area contributed by atoms with Gasteiger partial charge in [0.05, 0.1) is 11.2 Å². The average molecular weight is 703 g/mol. The van der Waals surface area contributed by atoms with Gasteiger partial charge in [-0.25, -0.2) is 19.9 Å². The van der Waals surface area contributed by atoms with E-state index in [0.29, 0.717) is 17.5 Å². The summed E-state index contributed by atoms with van der Waals surface area (Å²) in [6, 6.07) is 62.6. The zero-order chi connectivity index (χ0) is 36.3. The summed E-state index contributed by atoms with van der Waals surface area (Å²) in [4.78, 5) is 20.7. The Hall–Kier alpha value is -7.50. The third kappa shape index (κ3) is 5.17. The summed E-state index contributed by atoms with van der Waals surface area (Å²) in [6.07, 6.45) is 0. The number of hydrogen-bond acceptors (Lipinski definition) is 5. The van der Waals surface area contributed by atoms with Crippen LogP contribution < -0.4 is 0 Å². The zero-order valence-corrected chi connectivity index (χ0v) is 29.5. The molecule has 55 heavy (non-hydrogen) atoms. The Kier molecular flexibility index (Phi) is 7.10. The van der Waals surface area contributed by atoms with E-state index >= 15 is 0 Å². The molecule has 0 saturated heterocycles. The van der Waals surface area contributed by atoms with Crippen molar-refractivity contribution in [2.45, 2.75) is 0 Å². The van der Waals surface area contributed by atoms with Crippen molar-refractivity contribution in [3.8, 4) is 56.5 Å². The number of para-hydroxylation sites is 2. The van der Waals surface area contributed by atoms with Gasteiger partial charge in [-0.1, -0.05) is 158 Å². The highest BCUT2D eigenvalue weighted by Gasteiger charge is 2.22. The maximum Gasteiger partial charge on any atom is 0.164 e. The summed E-state index contributed by atoms with van der Waals surface area (Å²) in [5, 5.41) is 7.58. The Morgan fingerprint density at radius 2 is 0.945 bits per heavy atom. The van der Waals surface area contributed by atoms with Gasteiger partial charge in [-0.3, -0.25) is 0 Å². The smallest absolute Gasteiger partial charge is 0.164 e. The monoisotopic (exact) mass is 702 g/mol. The van der Waals surface area contributed by atoms with E-state index in [1.807, 2.05) is 48.5 Å². The fourth-order valence-corrected chi connectivity index (χ4v) is 8.00. The Morgan fingerprint density at radius 1 is 0.345 bits per heavy atom. The van der Waals surface area contributed by atoms with Crippen molar-refractivity contribution in [1.82, 2.24) is 19.9 Å². The maximum atomic E-state index is 6.64. The van der Waals surface area contributed by atoms with Gasteiger partial charge < -0.3 is 4.42 Å². The molecule has 3 heterocycles. The molecule has 0 aliphatic rings. The number of rotatable bonds is 5. The van der Waals surface area contributed by atoms with E-state index < -0.39 is 0 Å². The van der Waals surface area contributed by atoms with E-state index in [0.717, 1.165) is 93.5 Å². The molecule has 0 fully saturated rings. The van der Waals surface area contributed by atoms with Crippen LogP contribution in [0.1, 0.15) is 0 Å². The Balaban J connectivity index is 1.22. The molecule has 11 rings (SSSR count). The van der Waals surface area contributed by atoms with Crippen molar-refractivity contribution in [1.29, 1.82) is 0 Å². The third-order valence-electron chi connectivity index (χ3n) is 10.5. The quantitative estimate of drug-likeness (QED) is 0.167. The van der Waals surface area contributed by atoms with Gasteiger partial charge in [-0.15, -0.1) is 0 Å². The lowest BCUT2D eigenvalue weighted by molar-refractivity contribution is 0.669. The van der Waals surface area contributed by atoms with E-state index in [9.17, 15) is 0 Å². The van der Waals surface area contributed by atoms with Crippen molar-refractivity contribution in [3.05, 3.63) is 182 Å². The normalized spacial score (nSPS) is 11.6. The molecule has 3 aromatic heterocycles.